The van der Waals surface area contributed by atoms with Crippen LogP contribution < -0.4 is 4.74 Å². The van der Waals surface area contributed by atoms with Crippen LogP contribution in [-0.4, -0.2) is 12.2 Å². The summed E-state index contributed by atoms with van der Waals surface area (Å²) in [6, 6.07) is 5.43. The minimum absolute atomic E-state index is 0.468. The molecular weight excluding hydrogens is 248 g/mol. The van der Waals surface area contributed by atoms with Gasteiger partial charge in [0.25, 0.3) is 0 Å². The van der Waals surface area contributed by atoms with E-state index in [-0.39, 0.29) is 0 Å². The third-order valence-electron chi connectivity index (χ3n) is 3.15. The van der Waals surface area contributed by atoms with Crippen molar-refractivity contribution in [3.63, 3.8) is 0 Å². The highest BCUT2D eigenvalue weighted by atomic mass is 35.5. The van der Waals surface area contributed by atoms with Crippen LogP contribution in [0.25, 0.3) is 0 Å². The number of aliphatic hydroxyl groups is 1. The summed E-state index contributed by atoms with van der Waals surface area (Å²) in [4.78, 5) is 0. The molecule has 102 valence electrons. The van der Waals surface area contributed by atoms with E-state index in [1.54, 1.807) is 13.2 Å². The smallest absolute Gasteiger partial charge is 0.120 e. The Bertz CT molecular complexity index is 352. The summed E-state index contributed by atoms with van der Waals surface area (Å²) < 4.78 is 5.09. The first kappa shape index (κ1) is 15.3. The van der Waals surface area contributed by atoms with Crippen molar-refractivity contribution < 1.29 is 9.84 Å². The first-order valence-electron chi connectivity index (χ1n) is 6.70. The van der Waals surface area contributed by atoms with Crippen molar-refractivity contribution in [1.82, 2.24) is 0 Å². The lowest BCUT2D eigenvalue weighted by molar-refractivity contribution is 0.163. The molecule has 2 nitrogen and oxygen atoms in total. The highest BCUT2D eigenvalue weighted by Gasteiger charge is 2.11. The van der Waals surface area contributed by atoms with E-state index in [0.29, 0.717) is 5.02 Å². The van der Waals surface area contributed by atoms with Crippen molar-refractivity contribution in [1.29, 1.82) is 0 Å². The second-order valence-corrected chi connectivity index (χ2v) is 5.01. The normalized spacial score (nSPS) is 12.4. The van der Waals surface area contributed by atoms with Crippen LogP contribution in [0.1, 0.15) is 57.1 Å². The summed E-state index contributed by atoms with van der Waals surface area (Å²) in [5.41, 5.74) is 0.799. The first-order valence-corrected chi connectivity index (χ1v) is 7.08. The molecule has 0 saturated heterocycles. The predicted octanol–water partition coefficient (Wildman–Crippen LogP) is 4.74. The highest BCUT2D eigenvalue weighted by Crippen LogP contribution is 2.30. The second-order valence-electron chi connectivity index (χ2n) is 4.61. The van der Waals surface area contributed by atoms with Gasteiger partial charge in [0.05, 0.1) is 18.2 Å². The van der Waals surface area contributed by atoms with Crippen molar-refractivity contribution >= 4 is 11.6 Å². The fraction of sp³-hybridized carbons (Fsp3) is 0.600. The average Bonchev–Trinajstić information content (AvgIpc) is 2.38. The van der Waals surface area contributed by atoms with E-state index >= 15 is 0 Å². The zero-order chi connectivity index (χ0) is 13.4. The lowest BCUT2D eigenvalue weighted by Crippen LogP contribution is -1.99. The third kappa shape index (κ3) is 4.87. The van der Waals surface area contributed by atoms with Gasteiger partial charge in [-0.3, -0.25) is 0 Å². The van der Waals surface area contributed by atoms with Crippen LogP contribution in [0.15, 0.2) is 18.2 Å². The van der Waals surface area contributed by atoms with E-state index in [4.69, 9.17) is 16.3 Å². The van der Waals surface area contributed by atoms with Gasteiger partial charge in [-0.15, -0.1) is 0 Å². The Hall–Kier alpha value is -0.730. The quantitative estimate of drug-likeness (QED) is 0.691. The zero-order valence-electron chi connectivity index (χ0n) is 11.3. The maximum absolute atomic E-state index is 10.1. The standard InChI is InChI=1S/C15H23ClO2/c1-3-4-5-6-7-8-15(17)13-10-9-12(18-2)11-14(13)16/h9-11,15,17H,3-8H2,1-2H3. The highest BCUT2D eigenvalue weighted by molar-refractivity contribution is 6.31. The molecule has 0 saturated carbocycles. The molecule has 1 unspecified atom stereocenters. The van der Waals surface area contributed by atoms with Gasteiger partial charge in [0, 0.05) is 0 Å². The van der Waals surface area contributed by atoms with Crippen molar-refractivity contribution in [3.05, 3.63) is 28.8 Å². The van der Waals surface area contributed by atoms with Gasteiger partial charge in [0.1, 0.15) is 5.75 Å². The summed E-state index contributed by atoms with van der Waals surface area (Å²) in [5.74, 6) is 0.721. The molecule has 1 atom stereocenters. The van der Waals surface area contributed by atoms with E-state index in [1.807, 2.05) is 12.1 Å². The summed E-state index contributed by atoms with van der Waals surface area (Å²) in [6.07, 6.45) is 6.30. The van der Waals surface area contributed by atoms with Crippen LogP contribution in [0.2, 0.25) is 5.02 Å². The van der Waals surface area contributed by atoms with E-state index < -0.39 is 6.10 Å². The molecule has 0 aliphatic heterocycles. The van der Waals surface area contributed by atoms with Gasteiger partial charge < -0.3 is 9.84 Å². The zero-order valence-corrected chi connectivity index (χ0v) is 12.0. The largest absolute Gasteiger partial charge is 0.497 e. The summed E-state index contributed by atoms with van der Waals surface area (Å²) in [5, 5.41) is 10.7. The molecule has 3 heteroatoms. The van der Waals surface area contributed by atoms with Crippen molar-refractivity contribution in [2.75, 3.05) is 7.11 Å². The fourth-order valence-electron chi connectivity index (χ4n) is 2.00. The lowest BCUT2D eigenvalue weighted by Gasteiger charge is -2.13. The van der Waals surface area contributed by atoms with E-state index in [2.05, 4.69) is 6.92 Å². The number of aliphatic hydroxyl groups excluding tert-OH is 1. The Kier molecular flexibility index (Phi) is 7.14. The maximum Gasteiger partial charge on any atom is 0.120 e. The molecule has 1 N–H and O–H groups in total. The summed E-state index contributed by atoms with van der Waals surface area (Å²) in [6.45, 7) is 2.20. The number of unbranched alkanes of at least 4 members (excludes halogenated alkanes) is 4. The van der Waals surface area contributed by atoms with Gasteiger partial charge in [-0.25, -0.2) is 0 Å². The Balaban J connectivity index is 2.43. The van der Waals surface area contributed by atoms with Crippen molar-refractivity contribution in [2.45, 2.75) is 51.6 Å². The van der Waals surface area contributed by atoms with Crippen LogP contribution >= 0.6 is 11.6 Å². The average molecular weight is 271 g/mol. The number of ether oxygens (including phenoxy) is 1. The van der Waals surface area contributed by atoms with Crippen molar-refractivity contribution in [2.24, 2.45) is 0 Å². The number of hydrogen-bond donors (Lipinski definition) is 1. The topological polar surface area (TPSA) is 29.5 Å². The van der Waals surface area contributed by atoms with Gasteiger partial charge in [-0.05, 0) is 24.1 Å². The SMILES string of the molecule is CCCCCCCC(O)c1ccc(OC)cc1Cl. The number of methoxy groups -OCH3 is 1. The van der Waals surface area contributed by atoms with Crippen LogP contribution in [0.5, 0.6) is 5.75 Å². The third-order valence-corrected chi connectivity index (χ3v) is 3.48. The van der Waals surface area contributed by atoms with E-state index in [0.717, 1.165) is 24.2 Å². The monoisotopic (exact) mass is 270 g/mol. The van der Waals surface area contributed by atoms with Crippen LogP contribution in [-0.2, 0) is 0 Å². The molecular formula is C15H23ClO2. The lowest BCUT2D eigenvalue weighted by atomic mass is 10.0. The minimum Gasteiger partial charge on any atom is -0.497 e. The predicted molar refractivity (Wildman–Crippen MR) is 76.3 cm³/mol. The molecule has 0 aromatic heterocycles. The molecule has 1 rings (SSSR count). The van der Waals surface area contributed by atoms with Crippen LogP contribution in [0.3, 0.4) is 0 Å². The fourth-order valence-corrected chi connectivity index (χ4v) is 2.30. The van der Waals surface area contributed by atoms with E-state index in [1.165, 1.54) is 25.7 Å². The molecule has 0 spiro atoms. The summed E-state index contributed by atoms with van der Waals surface area (Å²) in [7, 11) is 1.61. The Labute approximate surface area is 115 Å². The number of benzene rings is 1. The minimum atomic E-state index is -0.468. The van der Waals surface area contributed by atoms with Crippen LogP contribution in [0, 0.1) is 0 Å². The molecule has 0 amide bonds. The molecule has 18 heavy (non-hydrogen) atoms. The summed E-state index contributed by atoms with van der Waals surface area (Å²) >= 11 is 6.13. The first-order chi connectivity index (χ1) is 8.69. The van der Waals surface area contributed by atoms with E-state index in [9.17, 15) is 5.11 Å². The molecule has 1 aromatic rings. The van der Waals surface area contributed by atoms with Crippen molar-refractivity contribution in [3.8, 4) is 5.75 Å². The maximum atomic E-state index is 10.1. The van der Waals surface area contributed by atoms with Gasteiger partial charge in [-0.1, -0.05) is 56.7 Å². The number of hydrogen-bond acceptors (Lipinski definition) is 2. The van der Waals surface area contributed by atoms with Gasteiger partial charge in [0.2, 0.25) is 0 Å². The molecule has 1 aromatic carbocycles. The van der Waals surface area contributed by atoms with Gasteiger partial charge in [0.15, 0.2) is 0 Å². The van der Waals surface area contributed by atoms with Gasteiger partial charge in [-0.2, -0.15) is 0 Å². The van der Waals surface area contributed by atoms with Gasteiger partial charge >= 0.3 is 0 Å². The second kappa shape index (κ2) is 8.39. The Morgan fingerprint density at radius 2 is 1.94 bits per heavy atom. The molecule has 0 bridgehead atoms. The van der Waals surface area contributed by atoms with Crippen LogP contribution in [0.4, 0.5) is 0 Å². The molecule has 0 heterocycles. The molecule has 0 radical (unpaired) electrons. The Morgan fingerprint density at radius 3 is 2.56 bits per heavy atom. The molecule has 0 aliphatic carbocycles. The Morgan fingerprint density at radius 1 is 1.22 bits per heavy atom. The molecule has 0 fully saturated rings. The number of rotatable bonds is 8. The number of halogens is 1. The molecule has 0 aliphatic rings.